The van der Waals surface area contributed by atoms with E-state index in [0.29, 0.717) is 17.7 Å². The molecule has 4 nitrogen and oxygen atoms in total. The third-order valence-electron chi connectivity index (χ3n) is 3.54. The van der Waals surface area contributed by atoms with Gasteiger partial charge in [-0.2, -0.15) is 0 Å². The van der Waals surface area contributed by atoms with Gasteiger partial charge in [0.1, 0.15) is 5.75 Å². The predicted molar refractivity (Wildman–Crippen MR) is 82.2 cm³/mol. The molecule has 0 spiro atoms. The molecule has 0 bridgehead atoms. The monoisotopic (exact) mass is 328 g/mol. The van der Waals surface area contributed by atoms with Crippen LogP contribution in [-0.4, -0.2) is 28.0 Å². The summed E-state index contributed by atoms with van der Waals surface area (Å²) in [5, 5.41) is 10.1. The van der Waals surface area contributed by atoms with Crippen LogP contribution < -0.4 is 4.65 Å². The SMILES string of the molecule is CC(=O)c1cccc2c1OB(O)[C@@H](CC(=O)C(C)(Cl)Cl)C2. The van der Waals surface area contributed by atoms with Crippen molar-refractivity contribution in [2.75, 3.05) is 0 Å². The van der Waals surface area contributed by atoms with Crippen molar-refractivity contribution in [1.29, 1.82) is 0 Å². The lowest BCUT2D eigenvalue weighted by molar-refractivity contribution is -0.119. The summed E-state index contributed by atoms with van der Waals surface area (Å²) in [5.41, 5.74) is 1.22. The van der Waals surface area contributed by atoms with Crippen molar-refractivity contribution in [3.05, 3.63) is 29.3 Å². The zero-order valence-electron chi connectivity index (χ0n) is 11.7. The Labute approximate surface area is 133 Å². The van der Waals surface area contributed by atoms with Crippen molar-refractivity contribution in [1.82, 2.24) is 0 Å². The Kier molecular flexibility index (Phi) is 4.66. The van der Waals surface area contributed by atoms with E-state index in [9.17, 15) is 14.6 Å². The molecule has 1 N–H and O–H groups in total. The molecule has 1 aromatic rings. The molecule has 1 atom stereocenters. The van der Waals surface area contributed by atoms with Gasteiger partial charge < -0.3 is 9.68 Å². The van der Waals surface area contributed by atoms with E-state index in [1.165, 1.54) is 13.8 Å². The molecule has 0 saturated heterocycles. The minimum atomic E-state index is -1.48. The Morgan fingerprint density at radius 1 is 1.48 bits per heavy atom. The molecule has 2 rings (SSSR count). The number of para-hydroxylation sites is 1. The van der Waals surface area contributed by atoms with Gasteiger partial charge in [-0.25, -0.2) is 0 Å². The highest BCUT2D eigenvalue weighted by Gasteiger charge is 2.40. The van der Waals surface area contributed by atoms with E-state index in [4.69, 9.17) is 27.9 Å². The second-order valence-electron chi connectivity index (χ2n) is 5.34. The van der Waals surface area contributed by atoms with Gasteiger partial charge in [0.25, 0.3) is 0 Å². The average molecular weight is 329 g/mol. The smallest absolute Gasteiger partial charge is 0.526 e. The normalized spacial score (nSPS) is 18.0. The lowest BCUT2D eigenvalue weighted by Gasteiger charge is -2.29. The van der Waals surface area contributed by atoms with Crippen LogP contribution in [0.1, 0.15) is 36.2 Å². The molecule has 0 saturated carbocycles. The summed E-state index contributed by atoms with van der Waals surface area (Å²) < 4.78 is 3.96. The van der Waals surface area contributed by atoms with Crippen molar-refractivity contribution < 1.29 is 19.3 Å². The molecule has 0 aliphatic carbocycles. The van der Waals surface area contributed by atoms with Crippen molar-refractivity contribution in [3.8, 4) is 5.75 Å². The number of fused-ring (bicyclic) bond motifs is 1. The first-order chi connectivity index (χ1) is 9.70. The fourth-order valence-corrected chi connectivity index (χ4v) is 2.51. The maximum Gasteiger partial charge on any atom is 0.526 e. The second kappa shape index (κ2) is 5.99. The standard InChI is InChI=1S/C14H15BCl2O4/c1-8(18)11-5-3-4-9-6-10(15(20)21-13(9)11)7-12(19)14(2,16)17/h3-5,10,20H,6-7H2,1-2H3/t10-/m1/s1. The van der Waals surface area contributed by atoms with Crippen LogP contribution in [0, 0.1) is 0 Å². The van der Waals surface area contributed by atoms with E-state index in [1.807, 2.05) is 6.07 Å². The molecule has 0 radical (unpaired) electrons. The summed E-state index contributed by atoms with van der Waals surface area (Å²) in [6.45, 7) is 2.84. The molecule has 0 unspecified atom stereocenters. The van der Waals surface area contributed by atoms with Crippen molar-refractivity contribution in [2.24, 2.45) is 0 Å². The highest BCUT2D eigenvalue weighted by Crippen LogP contribution is 2.38. The van der Waals surface area contributed by atoms with Crippen LogP contribution in [-0.2, 0) is 11.2 Å². The number of hydrogen-bond donors (Lipinski definition) is 1. The van der Waals surface area contributed by atoms with Crippen LogP contribution >= 0.6 is 23.2 Å². The molecule has 1 aromatic carbocycles. The van der Waals surface area contributed by atoms with Gasteiger partial charge >= 0.3 is 7.12 Å². The second-order valence-corrected chi connectivity index (χ2v) is 7.04. The fourth-order valence-electron chi connectivity index (χ4n) is 2.35. The number of carbonyl (C=O) groups excluding carboxylic acids is 2. The number of halogens is 2. The lowest BCUT2D eigenvalue weighted by Crippen LogP contribution is -2.37. The number of ketones is 2. The number of Topliss-reactive ketones (excluding diaryl/α,β-unsaturated/α-hetero) is 2. The lowest BCUT2D eigenvalue weighted by atomic mass is 9.64. The third-order valence-corrected chi connectivity index (χ3v) is 3.96. The van der Waals surface area contributed by atoms with E-state index in [2.05, 4.69) is 0 Å². The van der Waals surface area contributed by atoms with Gasteiger partial charge in [-0.15, -0.1) is 0 Å². The fraction of sp³-hybridized carbons (Fsp3) is 0.429. The molecular weight excluding hydrogens is 314 g/mol. The molecule has 0 aromatic heterocycles. The number of carbonyl (C=O) groups is 2. The Morgan fingerprint density at radius 2 is 2.14 bits per heavy atom. The van der Waals surface area contributed by atoms with Crippen LogP contribution in [0.2, 0.25) is 5.82 Å². The topological polar surface area (TPSA) is 63.6 Å². The number of hydrogen-bond acceptors (Lipinski definition) is 4. The van der Waals surface area contributed by atoms with E-state index < -0.39 is 17.3 Å². The van der Waals surface area contributed by atoms with Gasteiger partial charge in [-0.1, -0.05) is 35.3 Å². The summed E-state index contributed by atoms with van der Waals surface area (Å²) in [6.07, 6.45) is 0.432. The van der Waals surface area contributed by atoms with Crippen molar-refractivity contribution in [2.45, 2.75) is 36.8 Å². The molecule has 21 heavy (non-hydrogen) atoms. The summed E-state index contributed by atoms with van der Waals surface area (Å²) in [4.78, 5) is 23.4. The van der Waals surface area contributed by atoms with Gasteiger partial charge in [-0.05, 0) is 31.9 Å². The van der Waals surface area contributed by atoms with Gasteiger partial charge in [-0.3, -0.25) is 9.59 Å². The van der Waals surface area contributed by atoms with E-state index in [1.54, 1.807) is 12.1 Å². The molecule has 1 heterocycles. The van der Waals surface area contributed by atoms with Crippen LogP contribution in [0.25, 0.3) is 0 Å². The Hall–Kier alpha value is -1.04. The van der Waals surface area contributed by atoms with Gasteiger partial charge in [0.05, 0.1) is 5.56 Å². The molecule has 7 heteroatoms. The summed E-state index contributed by atoms with van der Waals surface area (Å²) >= 11 is 11.5. The molecular formula is C14H15BCl2O4. The molecule has 1 aliphatic rings. The molecule has 0 amide bonds. The van der Waals surface area contributed by atoms with Gasteiger partial charge in [0, 0.05) is 12.2 Å². The summed E-state index contributed by atoms with van der Waals surface area (Å²) in [5.74, 6) is -0.558. The zero-order valence-corrected chi connectivity index (χ0v) is 13.2. The van der Waals surface area contributed by atoms with Gasteiger partial charge in [0.15, 0.2) is 15.9 Å². The predicted octanol–water partition coefficient (Wildman–Crippen LogP) is 2.83. The Morgan fingerprint density at radius 3 is 2.71 bits per heavy atom. The highest BCUT2D eigenvalue weighted by molar-refractivity contribution is 6.58. The third kappa shape index (κ3) is 3.60. The van der Waals surface area contributed by atoms with E-state index in [-0.39, 0.29) is 18.0 Å². The quantitative estimate of drug-likeness (QED) is 0.524. The van der Waals surface area contributed by atoms with E-state index in [0.717, 1.165) is 5.56 Å². The highest BCUT2D eigenvalue weighted by atomic mass is 35.5. The van der Waals surface area contributed by atoms with Crippen molar-refractivity contribution >= 4 is 41.9 Å². The Balaban J connectivity index is 2.24. The zero-order chi connectivity index (χ0) is 15.8. The minimum Gasteiger partial charge on any atom is -0.535 e. The summed E-state index contributed by atoms with van der Waals surface area (Å²) in [7, 11) is -1.17. The number of alkyl halides is 2. The minimum absolute atomic E-state index is 0.00834. The molecule has 112 valence electrons. The van der Waals surface area contributed by atoms with Crippen molar-refractivity contribution in [3.63, 3.8) is 0 Å². The molecule has 0 fully saturated rings. The molecule has 1 aliphatic heterocycles. The first-order valence-corrected chi connectivity index (χ1v) is 7.34. The maximum absolute atomic E-state index is 11.9. The number of rotatable bonds is 4. The summed E-state index contributed by atoms with van der Waals surface area (Å²) in [6, 6.07) is 5.21. The van der Waals surface area contributed by atoms with Crippen LogP contribution in [0.15, 0.2) is 18.2 Å². The maximum atomic E-state index is 11.9. The first-order valence-electron chi connectivity index (χ1n) is 6.59. The largest absolute Gasteiger partial charge is 0.535 e. The average Bonchev–Trinajstić information content (AvgIpc) is 2.37. The van der Waals surface area contributed by atoms with Crippen LogP contribution in [0.3, 0.4) is 0 Å². The van der Waals surface area contributed by atoms with E-state index >= 15 is 0 Å². The van der Waals surface area contributed by atoms with Crippen LogP contribution in [0.4, 0.5) is 0 Å². The van der Waals surface area contributed by atoms with Gasteiger partial charge in [0.2, 0.25) is 0 Å². The Bertz CT molecular complexity index is 583. The van der Waals surface area contributed by atoms with Crippen LogP contribution in [0.5, 0.6) is 5.75 Å². The first kappa shape index (κ1) is 16.3. The number of benzene rings is 1.